The maximum atomic E-state index is 4.36. The van der Waals surface area contributed by atoms with E-state index in [1.165, 1.54) is 43.5 Å². The molecule has 0 spiro atoms. The summed E-state index contributed by atoms with van der Waals surface area (Å²) in [6.45, 7) is 5.84. The van der Waals surface area contributed by atoms with Crippen molar-refractivity contribution < 1.29 is 0 Å². The first-order valence-corrected chi connectivity index (χ1v) is 7.19. The van der Waals surface area contributed by atoms with Crippen LogP contribution in [0.25, 0.3) is 10.9 Å². The summed E-state index contributed by atoms with van der Waals surface area (Å²) in [7, 11) is 0. The van der Waals surface area contributed by atoms with Crippen molar-refractivity contribution in [1.82, 2.24) is 9.88 Å². The van der Waals surface area contributed by atoms with Gasteiger partial charge >= 0.3 is 0 Å². The number of aromatic nitrogens is 1. The fourth-order valence-electron chi connectivity index (χ4n) is 2.79. The third kappa shape index (κ3) is 2.87. The van der Waals surface area contributed by atoms with E-state index in [9.17, 15) is 0 Å². The van der Waals surface area contributed by atoms with Crippen molar-refractivity contribution in [2.75, 3.05) is 25.0 Å². The van der Waals surface area contributed by atoms with Crippen molar-refractivity contribution in [1.29, 1.82) is 0 Å². The van der Waals surface area contributed by atoms with E-state index in [0.29, 0.717) is 6.04 Å². The minimum Gasteiger partial charge on any atom is -0.382 e. The SMILES string of the molecule is CCN1CCC(Nc2ccc3ncccc3c2)CC1. The van der Waals surface area contributed by atoms with Gasteiger partial charge in [0.05, 0.1) is 5.52 Å². The third-order valence-electron chi connectivity index (χ3n) is 4.01. The van der Waals surface area contributed by atoms with Crippen LogP contribution >= 0.6 is 0 Å². The highest BCUT2D eigenvalue weighted by Crippen LogP contribution is 2.20. The van der Waals surface area contributed by atoms with Crippen molar-refractivity contribution >= 4 is 16.6 Å². The van der Waals surface area contributed by atoms with Gasteiger partial charge in [0.25, 0.3) is 0 Å². The van der Waals surface area contributed by atoms with Gasteiger partial charge in [-0.1, -0.05) is 13.0 Å². The molecule has 0 unspecified atom stereocenters. The number of piperidine rings is 1. The number of likely N-dealkylation sites (tertiary alicyclic amines) is 1. The maximum absolute atomic E-state index is 4.36. The van der Waals surface area contributed by atoms with Gasteiger partial charge in [0.1, 0.15) is 0 Å². The Hall–Kier alpha value is -1.61. The molecule has 1 aliphatic rings. The molecule has 2 heterocycles. The van der Waals surface area contributed by atoms with Crippen LogP contribution in [-0.2, 0) is 0 Å². The standard InChI is InChI=1S/C16H21N3/c1-2-19-10-7-14(8-11-19)18-15-5-6-16-13(12-15)4-3-9-17-16/h3-6,9,12,14,18H,2,7-8,10-11H2,1H3. The summed E-state index contributed by atoms with van der Waals surface area (Å²) in [5.74, 6) is 0. The summed E-state index contributed by atoms with van der Waals surface area (Å²) >= 11 is 0. The molecule has 3 heteroatoms. The number of pyridine rings is 1. The van der Waals surface area contributed by atoms with Crippen molar-refractivity contribution in [3.8, 4) is 0 Å². The highest BCUT2D eigenvalue weighted by atomic mass is 15.1. The third-order valence-corrected chi connectivity index (χ3v) is 4.01. The minimum atomic E-state index is 0.608. The van der Waals surface area contributed by atoms with Crippen LogP contribution < -0.4 is 5.32 Å². The van der Waals surface area contributed by atoms with Crippen LogP contribution in [0.5, 0.6) is 0 Å². The highest BCUT2D eigenvalue weighted by molar-refractivity contribution is 5.82. The molecule has 19 heavy (non-hydrogen) atoms. The molecular weight excluding hydrogens is 234 g/mol. The second kappa shape index (κ2) is 5.57. The van der Waals surface area contributed by atoms with E-state index in [1.807, 2.05) is 12.3 Å². The van der Waals surface area contributed by atoms with Gasteiger partial charge in [-0.25, -0.2) is 0 Å². The monoisotopic (exact) mass is 255 g/mol. The molecule has 1 aromatic carbocycles. The van der Waals surface area contributed by atoms with Crippen LogP contribution in [0.15, 0.2) is 36.5 Å². The molecule has 1 N–H and O–H groups in total. The molecule has 0 amide bonds. The van der Waals surface area contributed by atoms with Gasteiger partial charge < -0.3 is 10.2 Å². The molecule has 0 radical (unpaired) electrons. The number of fused-ring (bicyclic) bond motifs is 1. The first-order valence-electron chi connectivity index (χ1n) is 7.19. The minimum absolute atomic E-state index is 0.608. The number of rotatable bonds is 3. The van der Waals surface area contributed by atoms with Gasteiger partial charge in [-0.05, 0) is 43.7 Å². The van der Waals surface area contributed by atoms with Gasteiger partial charge in [0.2, 0.25) is 0 Å². The molecule has 1 fully saturated rings. The van der Waals surface area contributed by atoms with Gasteiger partial charge in [-0.2, -0.15) is 0 Å². The van der Waals surface area contributed by atoms with Crippen LogP contribution in [0, 0.1) is 0 Å². The number of nitrogens with zero attached hydrogens (tertiary/aromatic N) is 2. The summed E-state index contributed by atoms with van der Waals surface area (Å²) < 4.78 is 0. The molecule has 1 aliphatic heterocycles. The maximum Gasteiger partial charge on any atom is 0.0703 e. The Balaban J connectivity index is 1.68. The Morgan fingerprint density at radius 2 is 2.11 bits per heavy atom. The van der Waals surface area contributed by atoms with Crippen molar-refractivity contribution in [3.05, 3.63) is 36.5 Å². The second-order valence-corrected chi connectivity index (χ2v) is 5.26. The van der Waals surface area contributed by atoms with Crippen LogP contribution in [0.2, 0.25) is 0 Å². The Morgan fingerprint density at radius 1 is 1.26 bits per heavy atom. The predicted molar refractivity (Wildman–Crippen MR) is 80.5 cm³/mol. The van der Waals surface area contributed by atoms with Crippen molar-refractivity contribution in [3.63, 3.8) is 0 Å². The molecule has 1 aromatic heterocycles. The fourth-order valence-corrected chi connectivity index (χ4v) is 2.79. The average Bonchev–Trinajstić information content (AvgIpc) is 2.48. The van der Waals surface area contributed by atoms with E-state index < -0.39 is 0 Å². The zero-order valence-corrected chi connectivity index (χ0v) is 11.5. The molecular formula is C16H21N3. The number of hydrogen-bond acceptors (Lipinski definition) is 3. The number of benzene rings is 1. The van der Waals surface area contributed by atoms with Crippen LogP contribution in [-0.4, -0.2) is 35.6 Å². The summed E-state index contributed by atoms with van der Waals surface area (Å²) in [6.07, 6.45) is 4.31. The predicted octanol–water partition coefficient (Wildman–Crippen LogP) is 3.13. The Labute approximate surface area is 114 Å². The molecule has 1 saturated heterocycles. The van der Waals surface area contributed by atoms with Gasteiger partial charge in [0, 0.05) is 36.4 Å². The summed E-state index contributed by atoms with van der Waals surface area (Å²) in [4.78, 5) is 6.87. The molecule has 0 aliphatic carbocycles. The van der Waals surface area contributed by atoms with Gasteiger partial charge in [0.15, 0.2) is 0 Å². The largest absolute Gasteiger partial charge is 0.382 e. The van der Waals surface area contributed by atoms with Gasteiger partial charge in [-0.3, -0.25) is 4.98 Å². The smallest absolute Gasteiger partial charge is 0.0703 e. The molecule has 0 atom stereocenters. The number of nitrogens with one attached hydrogen (secondary N) is 1. The lowest BCUT2D eigenvalue weighted by atomic mass is 10.0. The first-order chi connectivity index (χ1) is 9.35. The van der Waals surface area contributed by atoms with E-state index in [0.717, 1.165) is 5.52 Å². The quantitative estimate of drug-likeness (QED) is 0.913. The lowest BCUT2D eigenvalue weighted by Crippen LogP contribution is -2.38. The van der Waals surface area contributed by atoms with Crippen LogP contribution in [0.1, 0.15) is 19.8 Å². The highest BCUT2D eigenvalue weighted by Gasteiger charge is 2.17. The Kier molecular flexibility index (Phi) is 3.65. The molecule has 100 valence electrons. The first kappa shape index (κ1) is 12.4. The Morgan fingerprint density at radius 3 is 2.89 bits per heavy atom. The van der Waals surface area contributed by atoms with E-state index >= 15 is 0 Å². The summed E-state index contributed by atoms with van der Waals surface area (Å²) in [6, 6.07) is 11.2. The molecule has 0 saturated carbocycles. The van der Waals surface area contributed by atoms with Crippen LogP contribution in [0.4, 0.5) is 5.69 Å². The lowest BCUT2D eigenvalue weighted by molar-refractivity contribution is 0.229. The average molecular weight is 255 g/mol. The summed E-state index contributed by atoms with van der Waals surface area (Å²) in [5, 5.41) is 4.87. The van der Waals surface area contributed by atoms with E-state index in [1.54, 1.807) is 0 Å². The number of anilines is 1. The summed E-state index contributed by atoms with van der Waals surface area (Å²) in [5.41, 5.74) is 2.28. The van der Waals surface area contributed by atoms with E-state index in [4.69, 9.17) is 0 Å². The Bertz CT molecular complexity index is 544. The normalized spacial score (nSPS) is 17.7. The molecule has 3 rings (SSSR count). The van der Waals surface area contributed by atoms with Crippen LogP contribution in [0.3, 0.4) is 0 Å². The topological polar surface area (TPSA) is 28.2 Å². The fraction of sp³-hybridized carbons (Fsp3) is 0.438. The molecule has 2 aromatic rings. The zero-order chi connectivity index (χ0) is 13.1. The van der Waals surface area contributed by atoms with Gasteiger partial charge in [-0.15, -0.1) is 0 Å². The lowest BCUT2D eigenvalue weighted by Gasteiger charge is -2.32. The van der Waals surface area contributed by atoms with E-state index in [-0.39, 0.29) is 0 Å². The molecule has 0 bridgehead atoms. The van der Waals surface area contributed by atoms with E-state index in [2.05, 4.69) is 46.4 Å². The van der Waals surface area contributed by atoms with Crippen molar-refractivity contribution in [2.24, 2.45) is 0 Å². The van der Waals surface area contributed by atoms with Crippen molar-refractivity contribution in [2.45, 2.75) is 25.8 Å². The number of hydrogen-bond donors (Lipinski definition) is 1. The second-order valence-electron chi connectivity index (χ2n) is 5.26. The molecule has 3 nitrogen and oxygen atoms in total. The zero-order valence-electron chi connectivity index (χ0n) is 11.5.